The van der Waals surface area contributed by atoms with Crippen molar-refractivity contribution in [3.8, 4) is 33.4 Å². The van der Waals surface area contributed by atoms with Crippen molar-refractivity contribution in [1.82, 2.24) is 0 Å². The molecule has 1 nitrogen and oxygen atoms in total. The molecule has 0 saturated carbocycles. The van der Waals surface area contributed by atoms with E-state index in [9.17, 15) is 13.7 Å². The summed E-state index contributed by atoms with van der Waals surface area (Å²) in [6.07, 6.45) is 0. The predicted octanol–water partition coefficient (Wildman–Crippen LogP) is 13.2. The molecule has 0 bridgehead atoms. The molecule has 0 N–H and O–H groups in total. The molecule has 0 spiro atoms. The zero-order chi connectivity index (χ0) is 55.3. The second-order valence-corrected chi connectivity index (χ2v) is 10.3. The number of rotatable bonds is 3. The summed E-state index contributed by atoms with van der Waals surface area (Å²) in [5.74, 6) is 0. The maximum Gasteiger partial charge on any atom is 0.136 e. The van der Waals surface area contributed by atoms with Crippen LogP contribution in [0.3, 0.4) is 0 Å². The van der Waals surface area contributed by atoms with Gasteiger partial charge in [0.15, 0.2) is 0 Å². The van der Waals surface area contributed by atoms with Gasteiger partial charge in [0.05, 0.1) is 38.4 Å². The van der Waals surface area contributed by atoms with E-state index in [0.29, 0.717) is 0 Å². The van der Waals surface area contributed by atoms with Crippen LogP contribution < -0.4 is 0 Å². The van der Waals surface area contributed by atoms with E-state index in [1.807, 2.05) is 0 Å². The molecular formula is C46H28O. The van der Waals surface area contributed by atoms with Crippen molar-refractivity contribution in [1.29, 1.82) is 0 Å². The number of furan rings is 1. The van der Waals surface area contributed by atoms with Crippen LogP contribution in [0.2, 0.25) is 0 Å². The quantitative estimate of drug-likeness (QED) is 0.178. The minimum absolute atomic E-state index is 0.500. The summed E-state index contributed by atoms with van der Waals surface area (Å²) < 4.78 is 260. The fourth-order valence-electron chi connectivity index (χ4n) is 5.92. The van der Waals surface area contributed by atoms with Gasteiger partial charge in [0.25, 0.3) is 0 Å². The van der Waals surface area contributed by atoms with Crippen molar-refractivity contribution in [2.45, 2.75) is 0 Å². The highest BCUT2D eigenvalue weighted by molar-refractivity contribution is 6.25. The monoisotopic (exact) mass is 624 g/mol. The highest BCUT2D eigenvalue weighted by Gasteiger charge is 2.21. The summed E-state index contributed by atoms with van der Waals surface area (Å²) in [4.78, 5) is 0. The van der Waals surface area contributed by atoms with Crippen molar-refractivity contribution in [2.75, 3.05) is 0 Å². The summed E-state index contributed by atoms with van der Waals surface area (Å²) in [6.45, 7) is 0. The van der Waals surface area contributed by atoms with Gasteiger partial charge in [-0.2, -0.15) is 0 Å². The van der Waals surface area contributed by atoms with E-state index in [1.165, 1.54) is 0 Å². The summed E-state index contributed by atoms with van der Waals surface area (Å²) in [5.41, 5.74) is -6.16. The largest absolute Gasteiger partial charge is 0.456 e. The normalized spacial score (nSPS) is 20.2. The summed E-state index contributed by atoms with van der Waals surface area (Å²) in [5, 5.41) is -6.69. The molecule has 1 heterocycles. The molecule has 0 aliphatic carbocycles. The van der Waals surface area contributed by atoms with E-state index in [1.54, 1.807) is 0 Å². The van der Waals surface area contributed by atoms with Gasteiger partial charge in [-0.3, -0.25) is 0 Å². The smallest absolute Gasteiger partial charge is 0.136 e. The van der Waals surface area contributed by atoms with Crippen LogP contribution in [-0.2, 0) is 0 Å². The van der Waals surface area contributed by atoms with E-state index in [4.69, 9.17) is 29.1 Å². The lowest BCUT2D eigenvalue weighted by molar-refractivity contribution is 0.669. The van der Waals surface area contributed by atoms with Crippen LogP contribution in [0.15, 0.2) is 174 Å². The molecule has 0 unspecified atom stereocenters. The van der Waals surface area contributed by atoms with Gasteiger partial charge >= 0.3 is 0 Å². The molecule has 0 radical (unpaired) electrons. The van der Waals surface area contributed by atoms with E-state index in [2.05, 4.69) is 0 Å². The maximum atomic E-state index is 9.68. The van der Waals surface area contributed by atoms with Crippen LogP contribution in [-0.4, -0.2) is 0 Å². The fourth-order valence-corrected chi connectivity index (χ4v) is 5.92. The molecule has 218 valence electrons. The van der Waals surface area contributed by atoms with Crippen LogP contribution in [0.5, 0.6) is 0 Å². The van der Waals surface area contributed by atoms with E-state index in [-0.39, 0.29) is 0 Å². The van der Waals surface area contributed by atoms with Crippen LogP contribution >= 0.6 is 0 Å². The molecule has 1 heteroatoms. The van der Waals surface area contributed by atoms with Crippen molar-refractivity contribution >= 4 is 65.0 Å². The number of fused-ring (bicyclic) bond motifs is 7. The summed E-state index contributed by atoms with van der Waals surface area (Å²) in [6, 6.07) is -26.7. The Morgan fingerprint density at radius 2 is 0.787 bits per heavy atom. The number of hydrogen-bond acceptors (Lipinski definition) is 1. The molecule has 0 aliphatic heterocycles. The van der Waals surface area contributed by atoms with Crippen molar-refractivity contribution in [2.24, 2.45) is 0 Å². The van der Waals surface area contributed by atoms with Crippen LogP contribution in [0, 0.1) is 0 Å². The van der Waals surface area contributed by atoms with E-state index >= 15 is 0 Å². The zero-order valence-corrected chi connectivity index (χ0v) is 23.4. The number of benzene rings is 9. The number of hydrogen-bond donors (Lipinski definition) is 0. The Bertz CT molecular complexity index is 4350. The Balaban J connectivity index is 1.58. The Labute approximate surface area is 311 Å². The zero-order valence-electron chi connectivity index (χ0n) is 51.4. The van der Waals surface area contributed by atoms with Gasteiger partial charge in [-0.15, -0.1) is 0 Å². The Morgan fingerprint density at radius 3 is 1.49 bits per heavy atom. The van der Waals surface area contributed by atoms with E-state index < -0.39 is 268 Å². The highest BCUT2D eigenvalue weighted by Crippen LogP contribution is 2.48. The van der Waals surface area contributed by atoms with Crippen LogP contribution in [0.25, 0.3) is 98.4 Å². The van der Waals surface area contributed by atoms with Gasteiger partial charge in [0.2, 0.25) is 0 Å². The van der Waals surface area contributed by atoms with Gasteiger partial charge in [0, 0.05) is 10.8 Å². The van der Waals surface area contributed by atoms with E-state index in [0.717, 1.165) is 0 Å². The Morgan fingerprint density at radius 1 is 0.319 bits per heavy atom. The third-order valence-corrected chi connectivity index (χ3v) is 7.82. The first-order valence-electron chi connectivity index (χ1n) is 27.9. The molecule has 9 aromatic carbocycles. The summed E-state index contributed by atoms with van der Waals surface area (Å²) >= 11 is 0. The molecular weight excluding hydrogens is 569 g/mol. The lowest BCUT2D eigenvalue weighted by atomic mass is 9.82. The maximum absolute atomic E-state index is 9.68. The third-order valence-electron chi connectivity index (χ3n) is 7.82. The molecule has 0 saturated heterocycles. The molecule has 0 aliphatic rings. The average molecular weight is 625 g/mol. The lowest BCUT2D eigenvalue weighted by Gasteiger charge is -2.20. The molecule has 0 fully saturated rings. The highest BCUT2D eigenvalue weighted by atomic mass is 16.3. The minimum Gasteiger partial charge on any atom is -0.456 e. The molecule has 0 amide bonds. The van der Waals surface area contributed by atoms with Gasteiger partial charge < -0.3 is 4.42 Å². The van der Waals surface area contributed by atoms with Crippen molar-refractivity contribution < 1.29 is 42.8 Å². The summed E-state index contributed by atoms with van der Waals surface area (Å²) in [7, 11) is 0. The second kappa shape index (κ2) is 10.2. The first-order chi connectivity index (χ1) is 35.0. The predicted molar refractivity (Wildman–Crippen MR) is 200 cm³/mol. The first kappa shape index (κ1) is 10.7. The van der Waals surface area contributed by atoms with Crippen LogP contribution in [0.1, 0.15) is 38.4 Å². The van der Waals surface area contributed by atoms with Gasteiger partial charge in [-0.25, -0.2) is 0 Å². The lowest BCUT2D eigenvalue weighted by Crippen LogP contribution is -1.93. The Hall–Kier alpha value is -6.18. The second-order valence-electron chi connectivity index (χ2n) is 10.3. The standard InChI is InChI=1S/C46H28O/c1-2-15-31-28-43-41(27-30(31)14-1)46-36(25-12-26-42(46)47-43)33-18-5-6-19-35(33)45-39-22-9-7-20-37(39)44(38-21-8-10-23-40(38)45)34-24-11-16-29-13-3-4-17-32(29)34/h1-28H/i1D,2D,3D,4D,5D,6D,7D,8D,9D,10D,11D,12D,13D,14D,15D,16D,17D,18D,19D,20D,21D,22D,23D,24D,25D,26D,27D,28D. The average Bonchev–Trinajstić information content (AvgIpc) is 3.79. The molecule has 10 aromatic rings. The third kappa shape index (κ3) is 3.90. The van der Waals surface area contributed by atoms with Crippen molar-refractivity contribution in [3.05, 3.63) is 169 Å². The van der Waals surface area contributed by atoms with Gasteiger partial charge in [0.1, 0.15) is 11.2 Å². The fraction of sp³-hybridized carbons (Fsp3) is 0. The topological polar surface area (TPSA) is 13.1 Å². The SMILES string of the molecule is [2H]c1c([2H])c([2H])c(-c2c([2H])c([2H])c([2H])c3oc4c([2H])c5c([2H])c([2H])c([2H])c([2H])c5c([2H])c4c23)c(-c2c3c([2H])c([2H])c([2H])c([2H])c3c(-c3c([2H])c([2H])c([2H])c4c([2H])c([2H])c([2H])c([2H])c34)c3c([2H])c([2H])c([2H])c([2H])c23)c1[2H]. The first-order valence-corrected chi connectivity index (χ1v) is 13.9. The molecule has 10 rings (SSSR count). The molecule has 1 aromatic heterocycles. The minimum atomic E-state index is -1.11. The molecule has 47 heavy (non-hydrogen) atoms. The van der Waals surface area contributed by atoms with Crippen molar-refractivity contribution in [3.63, 3.8) is 0 Å². The van der Waals surface area contributed by atoms with Crippen LogP contribution in [0.4, 0.5) is 0 Å². The van der Waals surface area contributed by atoms with Gasteiger partial charge in [-0.05, 0) is 94.6 Å². The van der Waals surface area contributed by atoms with Gasteiger partial charge in [-0.1, -0.05) is 151 Å². The Kier molecular flexibility index (Phi) is 2.31. The molecule has 0 atom stereocenters.